The number of nitrogens with one attached hydrogen (secondary N) is 1. The molecular formula is C17H16BrClN3OPS. The van der Waals surface area contributed by atoms with Gasteiger partial charge in [-0.1, -0.05) is 25.3 Å². The Kier molecular flexibility index (Phi) is 5.95. The molecule has 0 spiro atoms. The van der Waals surface area contributed by atoms with Crippen molar-refractivity contribution < 1.29 is 4.74 Å². The first kappa shape index (κ1) is 18.6. The van der Waals surface area contributed by atoms with E-state index in [4.69, 9.17) is 16.3 Å². The minimum absolute atomic E-state index is 0.213. The average Bonchev–Trinajstić information content (AvgIpc) is 3.07. The highest BCUT2D eigenvalue weighted by atomic mass is 79.9. The summed E-state index contributed by atoms with van der Waals surface area (Å²) in [6.45, 7) is 4.47. The second-order valence-corrected chi connectivity index (χ2v) is 9.92. The second kappa shape index (κ2) is 8.00. The lowest BCUT2D eigenvalue weighted by atomic mass is 10.1. The van der Waals surface area contributed by atoms with E-state index in [1.165, 1.54) is 15.7 Å². The molecule has 0 aliphatic carbocycles. The summed E-state index contributed by atoms with van der Waals surface area (Å²) >= 11 is 11.0. The SMILES string of the molecule is COc1ccc(-c2ccc(Nc3nc(Cl)ncc3Br)c(P(C)C)c2)s1. The van der Waals surface area contributed by atoms with Crippen LogP contribution in [0.15, 0.2) is 41.0 Å². The van der Waals surface area contributed by atoms with Crippen LogP contribution in [-0.4, -0.2) is 30.4 Å². The van der Waals surface area contributed by atoms with Crippen LogP contribution >= 0.6 is 46.8 Å². The fraction of sp³-hybridized carbons (Fsp3) is 0.176. The van der Waals surface area contributed by atoms with E-state index < -0.39 is 0 Å². The number of halogens is 2. The van der Waals surface area contributed by atoms with Gasteiger partial charge >= 0.3 is 0 Å². The van der Waals surface area contributed by atoms with E-state index in [1.807, 2.05) is 6.07 Å². The van der Waals surface area contributed by atoms with E-state index in [1.54, 1.807) is 24.6 Å². The van der Waals surface area contributed by atoms with Crippen molar-refractivity contribution >= 4 is 63.6 Å². The molecule has 0 fully saturated rings. The first-order valence-electron chi connectivity index (χ1n) is 7.38. The maximum Gasteiger partial charge on any atom is 0.224 e. The molecule has 2 heterocycles. The van der Waals surface area contributed by atoms with Crippen LogP contribution < -0.4 is 15.4 Å². The maximum absolute atomic E-state index is 5.92. The van der Waals surface area contributed by atoms with Gasteiger partial charge in [0.25, 0.3) is 0 Å². The smallest absolute Gasteiger partial charge is 0.224 e. The predicted octanol–water partition coefficient (Wildman–Crippen LogP) is 5.74. The number of hydrogen-bond donors (Lipinski definition) is 1. The van der Waals surface area contributed by atoms with Gasteiger partial charge in [-0.25, -0.2) is 4.98 Å². The highest BCUT2D eigenvalue weighted by Gasteiger charge is 2.13. The standard InChI is InChI=1S/C17H16BrClN3OPS/c1-23-15-7-6-14(25-15)10-4-5-12(13(8-10)24(2)3)21-16-11(18)9-20-17(19)22-16/h4-9H,1-3H3,(H,20,21,22). The molecule has 3 aromatic rings. The van der Waals surface area contributed by atoms with Gasteiger partial charge in [-0.2, -0.15) is 4.98 Å². The third-order valence-electron chi connectivity index (χ3n) is 3.51. The van der Waals surface area contributed by atoms with Crippen molar-refractivity contribution in [1.82, 2.24) is 9.97 Å². The lowest BCUT2D eigenvalue weighted by Gasteiger charge is -2.16. The van der Waals surface area contributed by atoms with Gasteiger partial charge in [0.2, 0.25) is 5.28 Å². The molecule has 0 atom stereocenters. The molecule has 1 N–H and O–H groups in total. The van der Waals surface area contributed by atoms with Crippen molar-refractivity contribution in [3.8, 4) is 15.5 Å². The van der Waals surface area contributed by atoms with Crippen LogP contribution in [0.2, 0.25) is 5.28 Å². The fourth-order valence-corrected chi connectivity index (χ4v) is 4.56. The number of thiophene rings is 1. The molecule has 0 saturated carbocycles. The molecule has 3 rings (SSSR count). The molecule has 2 aromatic heterocycles. The highest BCUT2D eigenvalue weighted by molar-refractivity contribution is 9.10. The van der Waals surface area contributed by atoms with Crippen molar-refractivity contribution in [1.29, 1.82) is 0 Å². The summed E-state index contributed by atoms with van der Waals surface area (Å²) in [5.74, 6) is 0.656. The van der Waals surface area contributed by atoms with Gasteiger partial charge in [0.15, 0.2) is 5.06 Å². The number of aromatic nitrogens is 2. The van der Waals surface area contributed by atoms with Crippen molar-refractivity contribution in [2.24, 2.45) is 0 Å². The van der Waals surface area contributed by atoms with Gasteiger partial charge in [0, 0.05) is 16.8 Å². The summed E-state index contributed by atoms with van der Waals surface area (Å²) in [5.41, 5.74) is 2.21. The molecule has 25 heavy (non-hydrogen) atoms. The quantitative estimate of drug-likeness (QED) is 0.393. The van der Waals surface area contributed by atoms with E-state index in [9.17, 15) is 0 Å². The van der Waals surface area contributed by atoms with Gasteiger partial charge in [-0.15, -0.1) is 0 Å². The van der Waals surface area contributed by atoms with Crippen LogP contribution in [0.4, 0.5) is 11.5 Å². The fourth-order valence-electron chi connectivity index (χ4n) is 2.31. The summed E-state index contributed by atoms with van der Waals surface area (Å²) in [6, 6.07) is 10.5. The van der Waals surface area contributed by atoms with Crippen LogP contribution in [0.3, 0.4) is 0 Å². The van der Waals surface area contributed by atoms with Gasteiger partial charge in [-0.05, 0) is 76.0 Å². The number of hydrogen-bond acceptors (Lipinski definition) is 5. The van der Waals surface area contributed by atoms with Crippen LogP contribution in [0.5, 0.6) is 5.06 Å². The topological polar surface area (TPSA) is 47.0 Å². The lowest BCUT2D eigenvalue weighted by molar-refractivity contribution is 0.427. The Morgan fingerprint density at radius 1 is 1.24 bits per heavy atom. The Bertz CT molecular complexity index is 903. The second-order valence-electron chi connectivity index (χ2n) is 5.41. The molecule has 1 aromatic carbocycles. The van der Waals surface area contributed by atoms with E-state index in [0.717, 1.165) is 15.2 Å². The molecule has 0 bridgehead atoms. The van der Waals surface area contributed by atoms with Crippen LogP contribution in [0, 0.1) is 0 Å². The minimum atomic E-state index is -0.314. The molecule has 4 nitrogen and oxygen atoms in total. The minimum Gasteiger partial charge on any atom is -0.487 e. The average molecular weight is 457 g/mol. The molecule has 0 aliphatic heterocycles. The van der Waals surface area contributed by atoms with E-state index in [-0.39, 0.29) is 13.2 Å². The summed E-state index contributed by atoms with van der Waals surface area (Å²) in [6.07, 6.45) is 1.64. The van der Waals surface area contributed by atoms with E-state index in [0.29, 0.717) is 5.82 Å². The highest BCUT2D eigenvalue weighted by Crippen LogP contribution is 2.37. The zero-order valence-electron chi connectivity index (χ0n) is 13.9. The monoisotopic (exact) mass is 455 g/mol. The van der Waals surface area contributed by atoms with Gasteiger partial charge in [0.05, 0.1) is 11.6 Å². The number of anilines is 2. The number of benzene rings is 1. The molecule has 0 saturated heterocycles. The summed E-state index contributed by atoms with van der Waals surface area (Å²) in [7, 11) is 1.38. The van der Waals surface area contributed by atoms with Gasteiger partial charge < -0.3 is 10.1 Å². The van der Waals surface area contributed by atoms with Crippen LogP contribution in [0.1, 0.15) is 0 Å². The molecule has 0 amide bonds. The predicted molar refractivity (Wildman–Crippen MR) is 113 cm³/mol. The van der Waals surface area contributed by atoms with Crippen LogP contribution in [-0.2, 0) is 0 Å². The zero-order valence-corrected chi connectivity index (χ0v) is 17.9. The molecule has 0 unspecified atom stereocenters. The van der Waals surface area contributed by atoms with Crippen molar-refractivity contribution in [3.05, 3.63) is 46.3 Å². The number of ether oxygens (including phenoxy) is 1. The zero-order chi connectivity index (χ0) is 18.0. The molecule has 0 aliphatic rings. The number of rotatable bonds is 5. The Morgan fingerprint density at radius 2 is 2.04 bits per heavy atom. The van der Waals surface area contributed by atoms with E-state index in [2.05, 4.69) is 68.8 Å². The molecule has 0 radical (unpaired) electrons. The third-order valence-corrected chi connectivity index (χ3v) is 6.71. The van der Waals surface area contributed by atoms with Gasteiger partial charge in [0.1, 0.15) is 5.82 Å². The van der Waals surface area contributed by atoms with Crippen LogP contribution in [0.25, 0.3) is 10.4 Å². The Hall–Kier alpha value is -1.20. The first-order chi connectivity index (χ1) is 12.0. The number of methoxy groups -OCH3 is 1. The number of nitrogens with zero attached hydrogens (tertiary/aromatic N) is 2. The Morgan fingerprint density at radius 3 is 2.72 bits per heavy atom. The largest absolute Gasteiger partial charge is 0.487 e. The Balaban J connectivity index is 1.98. The lowest BCUT2D eigenvalue weighted by Crippen LogP contribution is -2.09. The normalized spacial score (nSPS) is 11.0. The molecule has 130 valence electrons. The molecular weight excluding hydrogens is 441 g/mol. The van der Waals surface area contributed by atoms with Crippen molar-refractivity contribution in [3.63, 3.8) is 0 Å². The summed E-state index contributed by atoms with van der Waals surface area (Å²) in [4.78, 5) is 9.40. The maximum atomic E-state index is 5.92. The van der Waals surface area contributed by atoms with E-state index >= 15 is 0 Å². The van der Waals surface area contributed by atoms with Crippen molar-refractivity contribution in [2.45, 2.75) is 0 Å². The van der Waals surface area contributed by atoms with Gasteiger partial charge in [-0.3, -0.25) is 0 Å². The summed E-state index contributed by atoms with van der Waals surface area (Å²) in [5, 5.41) is 5.76. The summed E-state index contributed by atoms with van der Waals surface area (Å²) < 4.78 is 6.07. The first-order valence-corrected chi connectivity index (χ1v) is 11.6. The molecule has 8 heteroatoms. The third kappa shape index (κ3) is 4.32. The van der Waals surface area contributed by atoms with Crippen molar-refractivity contribution in [2.75, 3.05) is 25.8 Å². The Labute approximate surface area is 165 Å².